The van der Waals surface area contributed by atoms with E-state index < -0.39 is 0 Å². The van der Waals surface area contributed by atoms with Crippen LogP contribution in [0.25, 0.3) is 0 Å². The zero-order chi connectivity index (χ0) is 21.2. The second kappa shape index (κ2) is 11.4. The Morgan fingerprint density at radius 2 is 1.73 bits per heavy atom. The molecular weight excluding hydrogens is 378 g/mol. The Morgan fingerprint density at radius 1 is 1.03 bits per heavy atom. The van der Waals surface area contributed by atoms with E-state index in [1.54, 1.807) is 17.0 Å². The predicted molar refractivity (Wildman–Crippen MR) is 116 cm³/mol. The van der Waals surface area contributed by atoms with E-state index in [9.17, 15) is 9.59 Å². The summed E-state index contributed by atoms with van der Waals surface area (Å²) in [6.07, 6.45) is 4.93. The fourth-order valence-corrected chi connectivity index (χ4v) is 3.91. The number of carbonyl (C=O) groups excluding carboxylic acids is 2. The SMILES string of the molecule is CCCCC[C@H](OC(=O)c1ccccc1)[C@H]1CCCN1C(=O)OCc1ccccc1. The molecule has 1 aliphatic heterocycles. The topological polar surface area (TPSA) is 55.8 Å². The van der Waals surface area contributed by atoms with E-state index in [4.69, 9.17) is 9.47 Å². The van der Waals surface area contributed by atoms with Crippen molar-refractivity contribution in [2.24, 2.45) is 0 Å². The minimum Gasteiger partial charge on any atom is -0.457 e. The van der Waals surface area contributed by atoms with Gasteiger partial charge < -0.3 is 14.4 Å². The molecule has 1 fully saturated rings. The van der Waals surface area contributed by atoms with Crippen LogP contribution in [0.1, 0.15) is 61.4 Å². The van der Waals surface area contributed by atoms with Gasteiger partial charge in [0.25, 0.3) is 0 Å². The van der Waals surface area contributed by atoms with Crippen LogP contribution in [0.3, 0.4) is 0 Å². The molecule has 2 aromatic rings. The smallest absolute Gasteiger partial charge is 0.410 e. The van der Waals surface area contributed by atoms with Crippen molar-refractivity contribution < 1.29 is 19.1 Å². The van der Waals surface area contributed by atoms with Gasteiger partial charge in [0.1, 0.15) is 12.7 Å². The standard InChI is InChI=1S/C25H31NO4/c1-2-3-6-17-23(30-24(27)21-14-9-5-10-15-21)22-16-11-18-26(22)25(28)29-19-20-12-7-4-8-13-20/h4-5,7-10,12-15,22-23H,2-3,6,11,16-19H2,1H3/t22-,23+/m1/s1. The molecular formula is C25H31NO4. The van der Waals surface area contributed by atoms with Crippen LogP contribution in [-0.2, 0) is 16.1 Å². The molecule has 1 saturated heterocycles. The summed E-state index contributed by atoms with van der Waals surface area (Å²) in [5, 5.41) is 0. The largest absolute Gasteiger partial charge is 0.457 e. The quantitative estimate of drug-likeness (QED) is 0.400. The minimum absolute atomic E-state index is 0.141. The van der Waals surface area contributed by atoms with E-state index in [0.29, 0.717) is 12.1 Å². The Morgan fingerprint density at radius 3 is 2.43 bits per heavy atom. The second-order valence-electron chi connectivity index (χ2n) is 7.75. The molecule has 3 rings (SSSR count). The Kier molecular flexibility index (Phi) is 8.30. The normalized spacial score (nSPS) is 16.8. The minimum atomic E-state index is -0.336. The summed E-state index contributed by atoms with van der Waals surface area (Å²) in [6, 6.07) is 18.5. The third kappa shape index (κ3) is 6.09. The van der Waals surface area contributed by atoms with Gasteiger partial charge in [0.2, 0.25) is 0 Å². The van der Waals surface area contributed by atoms with Gasteiger partial charge in [-0.1, -0.05) is 68.3 Å². The van der Waals surface area contributed by atoms with E-state index >= 15 is 0 Å². The molecule has 0 saturated carbocycles. The van der Waals surface area contributed by atoms with Crippen molar-refractivity contribution >= 4 is 12.1 Å². The first kappa shape index (κ1) is 21.9. The van der Waals surface area contributed by atoms with Crippen molar-refractivity contribution in [3.05, 3.63) is 71.8 Å². The van der Waals surface area contributed by atoms with E-state index in [0.717, 1.165) is 44.1 Å². The number of esters is 1. The molecule has 5 nitrogen and oxygen atoms in total. The molecule has 0 spiro atoms. The van der Waals surface area contributed by atoms with Gasteiger partial charge in [0, 0.05) is 6.54 Å². The molecule has 5 heteroatoms. The van der Waals surface area contributed by atoms with E-state index in [-0.39, 0.29) is 30.8 Å². The summed E-state index contributed by atoms with van der Waals surface area (Å²) in [5.74, 6) is -0.332. The van der Waals surface area contributed by atoms with Gasteiger partial charge in [-0.25, -0.2) is 9.59 Å². The van der Waals surface area contributed by atoms with Crippen molar-refractivity contribution in [2.45, 2.75) is 64.2 Å². The monoisotopic (exact) mass is 409 g/mol. The molecule has 1 aliphatic rings. The maximum atomic E-state index is 12.8. The third-order valence-electron chi connectivity index (χ3n) is 5.53. The highest BCUT2D eigenvalue weighted by Gasteiger charge is 2.37. The highest BCUT2D eigenvalue weighted by atomic mass is 16.6. The zero-order valence-electron chi connectivity index (χ0n) is 17.7. The number of benzene rings is 2. The highest BCUT2D eigenvalue weighted by molar-refractivity contribution is 5.89. The van der Waals surface area contributed by atoms with Crippen LogP contribution >= 0.6 is 0 Å². The first-order valence-corrected chi connectivity index (χ1v) is 10.9. The van der Waals surface area contributed by atoms with Gasteiger partial charge in [-0.2, -0.15) is 0 Å². The Balaban J connectivity index is 1.65. The van der Waals surface area contributed by atoms with Gasteiger partial charge >= 0.3 is 12.1 Å². The average Bonchev–Trinajstić information content (AvgIpc) is 3.28. The first-order valence-electron chi connectivity index (χ1n) is 10.9. The maximum absolute atomic E-state index is 12.8. The average molecular weight is 410 g/mol. The van der Waals surface area contributed by atoms with Crippen LogP contribution in [0.2, 0.25) is 0 Å². The van der Waals surface area contributed by atoms with Crippen LogP contribution in [0.15, 0.2) is 60.7 Å². The molecule has 2 atom stereocenters. The molecule has 0 aliphatic carbocycles. The van der Waals surface area contributed by atoms with Crippen molar-refractivity contribution in [1.29, 1.82) is 0 Å². The van der Waals surface area contributed by atoms with Gasteiger partial charge in [-0.15, -0.1) is 0 Å². The Hall–Kier alpha value is -2.82. The number of hydrogen-bond acceptors (Lipinski definition) is 4. The number of unbranched alkanes of at least 4 members (excludes halogenated alkanes) is 2. The lowest BCUT2D eigenvalue weighted by atomic mass is 10.0. The fourth-order valence-electron chi connectivity index (χ4n) is 3.91. The van der Waals surface area contributed by atoms with Gasteiger partial charge in [0.15, 0.2) is 0 Å². The van der Waals surface area contributed by atoms with Crippen LogP contribution in [0, 0.1) is 0 Å². The molecule has 0 radical (unpaired) electrons. The van der Waals surface area contributed by atoms with Gasteiger partial charge in [-0.3, -0.25) is 0 Å². The zero-order valence-corrected chi connectivity index (χ0v) is 17.7. The summed E-state index contributed by atoms with van der Waals surface area (Å²) in [6.45, 7) is 3.02. The first-order chi connectivity index (χ1) is 14.7. The maximum Gasteiger partial charge on any atom is 0.410 e. The van der Waals surface area contributed by atoms with Crippen LogP contribution < -0.4 is 0 Å². The molecule has 0 N–H and O–H groups in total. The second-order valence-corrected chi connectivity index (χ2v) is 7.75. The number of amides is 1. The van der Waals surface area contributed by atoms with Crippen molar-refractivity contribution in [2.75, 3.05) is 6.54 Å². The number of nitrogens with zero attached hydrogens (tertiary/aromatic N) is 1. The Bertz CT molecular complexity index is 793. The number of ether oxygens (including phenoxy) is 2. The van der Waals surface area contributed by atoms with Crippen LogP contribution in [-0.4, -0.2) is 35.7 Å². The van der Waals surface area contributed by atoms with Crippen molar-refractivity contribution in [1.82, 2.24) is 4.90 Å². The van der Waals surface area contributed by atoms with Crippen molar-refractivity contribution in [3.63, 3.8) is 0 Å². The number of rotatable bonds is 9. The Labute approximate surface area is 179 Å². The lowest BCUT2D eigenvalue weighted by Gasteiger charge is -2.31. The predicted octanol–water partition coefficient (Wildman–Crippen LogP) is 5.59. The summed E-state index contributed by atoms with van der Waals surface area (Å²) >= 11 is 0. The lowest BCUT2D eigenvalue weighted by molar-refractivity contribution is 0.000259. The van der Waals surface area contributed by atoms with Gasteiger partial charge in [-0.05, 0) is 43.4 Å². The summed E-state index contributed by atoms with van der Waals surface area (Å²) < 4.78 is 11.5. The number of hydrogen-bond donors (Lipinski definition) is 0. The van der Waals surface area contributed by atoms with E-state index in [2.05, 4.69) is 6.92 Å². The summed E-state index contributed by atoms with van der Waals surface area (Å²) in [4.78, 5) is 27.2. The molecule has 2 aromatic carbocycles. The molecule has 0 unspecified atom stereocenters. The molecule has 0 bridgehead atoms. The van der Waals surface area contributed by atoms with E-state index in [1.807, 2.05) is 48.5 Å². The van der Waals surface area contributed by atoms with Crippen LogP contribution in [0.4, 0.5) is 4.79 Å². The molecule has 1 amide bonds. The summed E-state index contributed by atoms with van der Waals surface area (Å²) in [5.41, 5.74) is 1.49. The van der Waals surface area contributed by atoms with Gasteiger partial charge in [0.05, 0.1) is 11.6 Å². The third-order valence-corrected chi connectivity index (χ3v) is 5.53. The molecule has 1 heterocycles. The fraction of sp³-hybridized carbons (Fsp3) is 0.440. The molecule has 160 valence electrons. The van der Waals surface area contributed by atoms with Crippen LogP contribution in [0.5, 0.6) is 0 Å². The molecule has 30 heavy (non-hydrogen) atoms. The lowest BCUT2D eigenvalue weighted by Crippen LogP contribution is -2.44. The molecule has 0 aromatic heterocycles. The van der Waals surface area contributed by atoms with Crippen molar-refractivity contribution in [3.8, 4) is 0 Å². The number of carbonyl (C=O) groups is 2. The van der Waals surface area contributed by atoms with E-state index in [1.165, 1.54) is 0 Å². The highest BCUT2D eigenvalue weighted by Crippen LogP contribution is 2.27. The summed E-state index contributed by atoms with van der Waals surface area (Å²) in [7, 11) is 0. The number of likely N-dealkylation sites (tertiary alicyclic amines) is 1.